The first-order valence-corrected chi connectivity index (χ1v) is 11.5. The molecule has 0 saturated carbocycles. The van der Waals surface area contributed by atoms with E-state index in [4.69, 9.17) is 11.6 Å². The van der Waals surface area contributed by atoms with Crippen LogP contribution in [0.3, 0.4) is 0 Å². The summed E-state index contributed by atoms with van der Waals surface area (Å²) in [5.41, 5.74) is 6.14. The molecular formula is C25H20BrClN4O3. The van der Waals surface area contributed by atoms with E-state index in [0.717, 1.165) is 15.6 Å². The van der Waals surface area contributed by atoms with Crippen molar-refractivity contribution in [2.45, 2.75) is 13.8 Å². The number of nitrogens with one attached hydrogen (secondary N) is 3. The van der Waals surface area contributed by atoms with Crippen LogP contribution < -0.4 is 16.1 Å². The number of carbonyl (C=O) groups is 3. The topological polar surface area (TPSA) is 92.2 Å². The molecule has 0 bridgehead atoms. The maximum Gasteiger partial charge on any atom is 0.328 e. The molecule has 7 nitrogen and oxygen atoms in total. The number of fused-ring (bicyclic) bond motifs is 1. The monoisotopic (exact) mass is 538 g/mol. The Labute approximate surface area is 209 Å². The van der Waals surface area contributed by atoms with Crippen LogP contribution in [0.25, 0.3) is 10.9 Å². The average Bonchev–Trinajstić information content (AvgIpc) is 3.13. The Morgan fingerprint density at radius 1 is 0.882 bits per heavy atom. The SMILES string of the molecule is Cc1ccc(NC(=O)C(=O)Nn2c(C(=O)Nc3cccc(Cl)c3)cc3cc(Br)ccc32)c(C)c1. The minimum atomic E-state index is -0.919. The molecule has 4 rings (SSSR count). The number of aryl methyl sites for hydroxylation is 2. The lowest BCUT2D eigenvalue weighted by atomic mass is 10.1. The van der Waals surface area contributed by atoms with Gasteiger partial charge in [-0.3, -0.25) is 19.8 Å². The molecule has 3 aromatic carbocycles. The maximum atomic E-state index is 13.1. The Morgan fingerprint density at radius 2 is 1.68 bits per heavy atom. The molecule has 0 atom stereocenters. The number of hydrogen-bond donors (Lipinski definition) is 3. The van der Waals surface area contributed by atoms with Gasteiger partial charge in [0.2, 0.25) is 0 Å². The Kier molecular flexibility index (Phi) is 6.72. The summed E-state index contributed by atoms with van der Waals surface area (Å²) in [4.78, 5) is 38.5. The molecule has 0 unspecified atom stereocenters. The van der Waals surface area contributed by atoms with E-state index in [9.17, 15) is 14.4 Å². The normalized spacial score (nSPS) is 10.7. The van der Waals surface area contributed by atoms with Crippen molar-refractivity contribution in [3.8, 4) is 0 Å². The van der Waals surface area contributed by atoms with Crippen LogP contribution in [-0.4, -0.2) is 22.4 Å². The highest BCUT2D eigenvalue weighted by molar-refractivity contribution is 9.10. The third-order valence-electron chi connectivity index (χ3n) is 5.13. The Bertz CT molecular complexity index is 1450. The molecular weight excluding hydrogens is 520 g/mol. The van der Waals surface area contributed by atoms with Crippen molar-refractivity contribution < 1.29 is 14.4 Å². The molecule has 0 fully saturated rings. The molecule has 0 spiro atoms. The fraction of sp³-hybridized carbons (Fsp3) is 0.0800. The van der Waals surface area contributed by atoms with Crippen molar-refractivity contribution >= 4 is 67.5 Å². The van der Waals surface area contributed by atoms with Crippen LogP contribution >= 0.6 is 27.5 Å². The summed E-state index contributed by atoms with van der Waals surface area (Å²) >= 11 is 9.43. The molecule has 1 aromatic heterocycles. The zero-order valence-electron chi connectivity index (χ0n) is 18.3. The smallest absolute Gasteiger partial charge is 0.321 e. The Hall–Kier alpha value is -3.62. The lowest BCUT2D eigenvalue weighted by molar-refractivity contribution is -0.133. The van der Waals surface area contributed by atoms with Crippen molar-refractivity contribution in [3.05, 3.63) is 93.0 Å². The molecule has 9 heteroatoms. The van der Waals surface area contributed by atoms with E-state index in [1.807, 2.05) is 32.0 Å². The summed E-state index contributed by atoms with van der Waals surface area (Å²) in [6.07, 6.45) is 0. The lowest BCUT2D eigenvalue weighted by Gasteiger charge is -2.13. The van der Waals surface area contributed by atoms with E-state index in [1.54, 1.807) is 48.5 Å². The van der Waals surface area contributed by atoms with E-state index in [2.05, 4.69) is 32.0 Å². The van der Waals surface area contributed by atoms with Crippen LogP contribution in [0.5, 0.6) is 0 Å². The second-order valence-electron chi connectivity index (χ2n) is 7.75. The van der Waals surface area contributed by atoms with Gasteiger partial charge < -0.3 is 10.6 Å². The fourth-order valence-corrected chi connectivity index (χ4v) is 4.09. The highest BCUT2D eigenvalue weighted by Crippen LogP contribution is 2.24. The minimum absolute atomic E-state index is 0.140. The van der Waals surface area contributed by atoms with Crippen LogP contribution in [0.4, 0.5) is 11.4 Å². The minimum Gasteiger partial charge on any atom is -0.321 e. The number of carbonyl (C=O) groups excluding carboxylic acids is 3. The maximum absolute atomic E-state index is 13.1. The first-order chi connectivity index (χ1) is 16.2. The van der Waals surface area contributed by atoms with Gasteiger partial charge in [0.05, 0.1) is 5.52 Å². The predicted molar refractivity (Wildman–Crippen MR) is 138 cm³/mol. The lowest BCUT2D eigenvalue weighted by Crippen LogP contribution is -2.36. The number of benzene rings is 3. The highest BCUT2D eigenvalue weighted by Gasteiger charge is 2.21. The number of rotatable bonds is 4. The summed E-state index contributed by atoms with van der Waals surface area (Å²) < 4.78 is 2.10. The zero-order chi connectivity index (χ0) is 24.4. The van der Waals surface area contributed by atoms with Crippen molar-refractivity contribution in [2.75, 3.05) is 16.1 Å². The van der Waals surface area contributed by atoms with Crippen molar-refractivity contribution in [2.24, 2.45) is 0 Å². The molecule has 0 aliphatic heterocycles. The van der Waals surface area contributed by atoms with Gasteiger partial charge in [0, 0.05) is 26.3 Å². The van der Waals surface area contributed by atoms with Gasteiger partial charge in [0.25, 0.3) is 5.91 Å². The molecule has 0 radical (unpaired) electrons. The summed E-state index contributed by atoms with van der Waals surface area (Å²) in [7, 11) is 0. The van der Waals surface area contributed by atoms with E-state index < -0.39 is 17.7 Å². The predicted octanol–water partition coefficient (Wildman–Crippen LogP) is 5.64. The molecule has 0 saturated heterocycles. The van der Waals surface area contributed by atoms with Crippen molar-refractivity contribution in [3.63, 3.8) is 0 Å². The number of amides is 3. The number of halogens is 2. The first-order valence-electron chi connectivity index (χ1n) is 10.3. The molecule has 34 heavy (non-hydrogen) atoms. The number of aromatic nitrogens is 1. The number of anilines is 2. The highest BCUT2D eigenvalue weighted by atomic mass is 79.9. The van der Waals surface area contributed by atoms with Gasteiger partial charge in [0.15, 0.2) is 0 Å². The van der Waals surface area contributed by atoms with Gasteiger partial charge in [-0.05, 0) is 67.9 Å². The van der Waals surface area contributed by atoms with Crippen molar-refractivity contribution in [1.82, 2.24) is 4.68 Å². The summed E-state index contributed by atoms with van der Waals surface area (Å²) in [6, 6.07) is 19.2. The number of nitrogens with zero attached hydrogens (tertiary/aromatic N) is 1. The van der Waals surface area contributed by atoms with Gasteiger partial charge in [-0.25, -0.2) is 4.68 Å². The van der Waals surface area contributed by atoms with Gasteiger partial charge in [-0.1, -0.05) is 51.3 Å². The average molecular weight is 540 g/mol. The van der Waals surface area contributed by atoms with Crippen LogP contribution in [0.1, 0.15) is 21.6 Å². The Balaban J connectivity index is 1.63. The second kappa shape index (κ2) is 9.70. The molecule has 3 N–H and O–H groups in total. The quantitative estimate of drug-likeness (QED) is 0.293. The summed E-state index contributed by atoms with van der Waals surface area (Å²) in [5.74, 6) is -2.26. The molecule has 0 aliphatic carbocycles. The van der Waals surface area contributed by atoms with Gasteiger partial charge in [-0.2, -0.15) is 0 Å². The van der Waals surface area contributed by atoms with Crippen LogP contribution in [0.15, 0.2) is 71.2 Å². The summed E-state index contributed by atoms with van der Waals surface area (Å²) in [6.45, 7) is 3.78. The van der Waals surface area contributed by atoms with Crippen LogP contribution in [0.2, 0.25) is 5.02 Å². The third kappa shape index (κ3) is 5.13. The van der Waals surface area contributed by atoms with E-state index in [1.165, 1.54) is 4.68 Å². The zero-order valence-corrected chi connectivity index (χ0v) is 20.6. The van der Waals surface area contributed by atoms with Gasteiger partial charge in [0.1, 0.15) is 5.69 Å². The molecule has 4 aromatic rings. The second-order valence-corrected chi connectivity index (χ2v) is 9.10. The Morgan fingerprint density at radius 3 is 2.41 bits per heavy atom. The molecule has 0 aliphatic rings. The number of hydrogen-bond acceptors (Lipinski definition) is 3. The summed E-state index contributed by atoms with van der Waals surface area (Å²) in [5, 5.41) is 6.54. The molecule has 1 heterocycles. The first kappa shape index (κ1) is 23.5. The molecule has 172 valence electrons. The van der Waals surface area contributed by atoms with E-state index in [-0.39, 0.29) is 5.69 Å². The third-order valence-corrected chi connectivity index (χ3v) is 5.86. The van der Waals surface area contributed by atoms with Gasteiger partial charge >= 0.3 is 11.8 Å². The molecule has 3 amide bonds. The van der Waals surface area contributed by atoms with Crippen molar-refractivity contribution in [1.29, 1.82) is 0 Å². The largest absolute Gasteiger partial charge is 0.328 e. The van der Waals surface area contributed by atoms with E-state index >= 15 is 0 Å². The van der Waals surface area contributed by atoms with Gasteiger partial charge in [-0.15, -0.1) is 0 Å². The standard InChI is InChI=1S/C25H20BrClN4O3/c1-14-6-8-20(15(2)10-14)29-24(33)25(34)30-31-21-9-7-17(26)11-16(21)12-22(31)23(32)28-19-5-3-4-18(27)13-19/h3-13H,1-2H3,(H,28,32)(H,29,33)(H,30,34). The fourth-order valence-electron chi connectivity index (χ4n) is 3.52. The van der Waals surface area contributed by atoms with Crippen LogP contribution in [0, 0.1) is 13.8 Å². The van der Waals surface area contributed by atoms with E-state index in [0.29, 0.717) is 27.3 Å². The van der Waals surface area contributed by atoms with Crippen LogP contribution in [-0.2, 0) is 9.59 Å².